The fourth-order valence-corrected chi connectivity index (χ4v) is 3.67. The van der Waals surface area contributed by atoms with Gasteiger partial charge in [0, 0.05) is 10.5 Å². The molecule has 1 N–H and O–H groups in total. The second kappa shape index (κ2) is 6.29. The van der Waals surface area contributed by atoms with E-state index in [4.69, 9.17) is 11.6 Å². The Morgan fingerprint density at radius 1 is 1.28 bits per heavy atom. The Morgan fingerprint density at radius 2 is 2.00 bits per heavy atom. The zero-order valence-corrected chi connectivity index (χ0v) is 13.4. The number of halogens is 2. The molecule has 0 radical (unpaired) electrons. The van der Waals surface area contributed by atoms with Crippen LogP contribution in [0.15, 0.2) is 22.7 Å². The molecule has 0 heterocycles. The summed E-state index contributed by atoms with van der Waals surface area (Å²) in [5.41, 5.74) is 1.07. The van der Waals surface area contributed by atoms with Gasteiger partial charge in [0.1, 0.15) is 0 Å². The first-order chi connectivity index (χ1) is 8.58. The number of hydrogen-bond donors (Lipinski definition) is 1. The summed E-state index contributed by atoms with van der Waals surface area (Å²) in [6.07, 6.45) is 5.29. The number of hydrogen-bond acceptors (Lipinski definition) is 1. The minimum absolute atomic E-state index is 0.567. The first kappa shape index (κ1) is 14.2. The standard InChI is InChI=1S/C15H21BrClN/c1-10(2)12-5-3-4-6-14(12)18-15-8-7-11(16)9-13(15)17/h7-10,12,14,18H,3-6H2,1-2H3. The monoisotopic (exact) mass is 329 g/mol. The van der Waals surface area contributed by atoms with Crippen LogP contribution in [-0.2, 0) is 0 Å². The molecule has 2 unspecified atom stereocenters. The molecular weight excluding hydrogens is 310 g/mol. The van der Waals surface area contributed by atoms with Crippen LogP contribution in [0.5, 0.6) is 0 Å². The Balaban J connectivity index is 2.11. The molecule has 0 aromatic heterocycles. The third kappa shape index (κ3) is 3.42. The summed E-state index contributed by atoms with van der Waals surface area (Å²) in [5, 5.41) is 4.46. The molecular formula is C15H21BrClN. The summed E-state index contributed by atoms with van der Waals surface area (Å²) in [4.78, 5) is 0. The van der Waals surface area contributed by atoms with Crippen LogP contribution in [0, 0.1) is 11.8 Å². The Labute approximate surface area is 123 Å². The normalized spacial score (nSPS) is 24.3. The van der Waals surface area contributed by atoms with Gasteiger partial charge in [-0.25, -0.2) is 0 Å². The Kier molecular flexibility index (Phi) is 4.97. The summed E-state index contributed by atoms with van der Waals surface area (Å²) < 4.78 is 1.03. The van der Waals surface area contributed by atoms with Crippen LogP contribution in [0.1, 0.15) is 39.5 Å². The average Bonchev–Trinajstić information content (AvgIpc) is 2.33. The van der Waals surface area contributed by atoms with Gasteiger partial charge in [0.25, 0.3) is 0 Å². The van der Waals surface area contributed by atoms with Crippen LogP contribution < -0.4 is 5.32 Å². The minimum atomic E-state index is 0.567. The smallest absolute Gasteiger partial charge is 0.0648 e. The lowest BCUT2D eigenvalue weighted by atomic mass is 9.78. The molecule has 0 bridgehead atoms. The molecule has 1 fully saturated rings. The van der Waals surface area contributed by atoms with Gasteiger partial charge in [0.2, 0.25) is 0 Å². The highest BCUT2D eigenvalue weighted by Gasteiger charge is 2.27. The molecule has 100 valence electrons. The van der Waals surface area contributed by atoms with Gasteiger partial charge in [-0.05, 0) is 42.9 Å². The highest BCUT2D eigenvalue weighted by molar-refractivity contribution is 9.10. The van der Waals surface area contributed by atoms with Crippen molar-refractivity contribution < 1.29 is 0 Å². The van der Waals surface area contributed by atoms with E-state index < -0.39 is 0 Å². The lowest BCUT2D eigenvalue weighted by Crippen LogP contribution is -2.35. The number of benzene rings is 1. The largest absolute Gasteiger partial charge is 0.381 e. The zero-order valence-electron chi connectivity index (χ0n) is 11.0. The van der Waals surface area contributed by atoms with E-state index >= 15 is 0 Å². The van der Waals surface area contributed by atoms with Crippen LogP contribution in [-0.4, -0.2) is 6.04 Å². The summed E-state index contributed by atoms with van der Waals surface area (Å²) >= 11 is 9.73. The van der Waals surface area contributed by atoms with Gasteiger partial charge in [0.05, 0.1) is 10.7 Å². The van der Waals surface area contributed by atoms with Crippen molar-refractivity contribution in [1.29, 1.82) is 0 Å². The summed E-state index contributed by atoms with van der Waals surface area (Å²) in [6, 6.07) is 6.63. The van der Waals surface area contributed by atoms with Crippen molar-refractivity contribution in [2.75, 3.05) is 5.32 Å². The van der Waals surface area contributed by atoms with E-state index in [1.54, 1.807) is 0 Å². The second-order valence-electron chi connectivity index (χ2n) is 5.57. The van der Waals surface area contributed by atoms with Crippen LogP contribution in [0.2, 0.25) is 5.02 Å². The first-order valence-electron chi connectivity index (χ1n) is 6.79. The van der Waals surface area contributed by atoms with Crippen molar-refractivity contribution in [3.63, 3.8) is 0 Å². The maximum atomic E-state index is 6.28. The van der Waals surface area contributed by atoms with E-state index in [2.05, 4.69) is 41.2 Å². The topological polar surface area (TPSA) is 12.0 Å². The molecule has 0 amide bonds. The lowest BCUT2D eigenvalue weighted by Gasteiger charge is -2.35. The minimum Gasteiger partial charge on any atom is -0.381 e. The van der Waals surface area contributed by atoms with Crippen LogP contribution in [0.4, 0.5) is 5.69 Å². The third-order valence-corrected chi connectivity index (χ3v) is 4.75. The highest BCUT2D eigenvalue weighted by atomic mass is 79.9. The fourth-order valence-electron chi connectivity index (χ4n) is 2.94. The van der Waals surface area contributed by atoms with Gasteiger partial charge < -0.3 is 5.32 Å². The Hall–Kier alpha value is -0.210. The Bertz CT molecular complexity index is 405. The molecule has 0 saturated heterocycles. The number of nitrogens with one attached hydrogen (secondary N) is 1. The molecule has 1 aromatic rings. The molecule has 1 saturated carbocycles. The number of anilines is 1. The average molecular weight is 331 g/mol. The molecule has 1 nitrogen and oxygen atoms in total. The van der Waals surface area contributed by atoms with E-state index in [0.717, 1.165) is 27.0 Å². The lowest BCUT2D eigenvalue weighted by molar-refractivity contribution is 0.254. The van der Waals surface area contributed by atoms with Crippen molar-refractivity contribution in [3.05, 3.63) is 27.7 Å². The maximum absolute atomic E-state index is 6.28. The quantitative estimate of drug-likeness (QED) is 0.746. The van der Waals surface area contributed by atoms with Crippen molar-refractivity contribution >= 4 is 33.2 Å². The Morgan fingerprint density at radius 3 is 2.67 bits per heavy atom. The van der Waals surface area contributed by atoms with E-state index in [1.807, 2.05) is 12.1 Å². The molecule has 2 rings (SSSR count). The fraction of sp³-hybridized carbons (Fsp3) is 0.600. The molecule has 0 spiro atoms. The van der Waals surface area contributed by atoms with Gasteiger partial charge in [-0.3, -0.25) is 0 Å². The zero-order chi connectivity index (χ0) is 13.1. The summed E-state index contributed by atoms with van der Waals surface area (Å²) in [5.74, 6) is 1.50. The van der Waals surface area contributed by atoms with E-state index in [-0.39, 0.29) is 0 Å². The number of rotatable bonds is 3. The maximum Gasteiger partial charge on any atom is 0.0648 e. The van der Waals surface area contributed by atoms with Crippen LogP contribution >= 0.6 is 27.5 Å². The van der Waals surface area contributed by atoms with E-state index in [9.17, 15) is 0 Å². The molecule has 1 aliphatic carbocycles. The molecule has 1 aromatic carbocycles. The predicted octanol–water partition coefficient (Wildman–Crippen LogP) is 5.73. The molecule has 2 atom stereocenters. The SMILES string of the molecule is CC(C)C1CCCCC1Nc1ccc(Br)cc1Cl. The van der Waals surface area contributed by atoms with Crippen LogP contribution in [0.3, 0.4) is 0 Å². The third-order valence-electron chi connectivity index (χ3n) is 3.95. The van der Waals surface area contributed by atoms with E-state index in [1.165, 1.54) is 25.7 Å². The molecule has 0 aliphatic heterocycles. The van der Waals surface area contributed by atoms with Crippen molar-refractivity contribution in [2.24, 2.45) is 11.8 Å². The van der Waals surface area contributed by atoms with Gasteiger partial charge in [-0.1, -0.05) is 54.2 Å². The van der Waals surface area contributed by atoms with Gasteiger partial charge >= 0.3 is 0 Å². The second-order valence-corrected chi connectivity index (χ2v) is 6.89. The van der Waals surface area contributed by atoms with Crippen molar-refractivity contribution in [1.82, 2.24) is 0 Å². The summed E-state index contributed by atoms with van der Waals surface area (Å²) in [7, 11) is 0. The van der Waals surface area contributed by atoms with Crippen molar-refractivity contribution in [2.45, 2.75) is 45.6 Å². The molecule has 3 heteroatoms. The first-order valence-corrected chi connectivity index (χ1v) is 7.96. The van der Waals surface area contributed by atoms with Crippen molar-refractivity contribution in [3.8, 4) is 0 Å². The van der Waals surface area contributed by atoms with Crippen LogP contribution in [0.25, 0.3) is 0 Å². The predicted molar refractivity (Wildman–Crippen MR) is 83.4 cm³/mol. The summed E-state index contributed by atoms with van der Waals surface area (Å²) in [6.45, 7) is 4.65. The van der Waals surface area contributed by atoms with Gasteiger partial charge in [-0.2, -0.15) is 0 Å². The van der Waals surface area contributed by atoms with Gasteiger partial charge in [0.15, 0.2) is 0 Å². The molecule has 18 heavy (non-hydrogen) atoms. The van der Waals surface area contributed by atoms with Gasteiger partial charge in [-0.15, -0.1) is 0 Å². The molecule has 1 aliphatic rings. The highest BCUT2D eigenvalue weighted by Crippen LogP contribution is 2.34. The van der Waals surface area contributed by atoms with E-state index in [0.29, 0.717) is 6.04 Å².